The van der Waals surface area contributed by atoms with Crippen molar-refractivity contribution in [2.45, 2.75) is 19.2 Å². The average molecular weight is 364 g/mol. The lowest BCUT2D eigenvalue weighted by atomic mass is 10.2. The number of carbonyl (C=O) groups excluding carboxylic acids is 1. The van der Waals surface area contributed by atoms with Gasteiger partial charge in [0.15, 0.2) is 12.7 Å². The van der Waals surface area contributed by atoms with Gasteiger partial charge in [0.05, 0.1) is 11.3 Å². The number of anilines is 1. The molecule has 8 heteroatoms. The van der Waals surface area contributed by atoms with Gasteiger partial charge in [-0.2, -0.15) is 18.4 Å². The first-order chi connectivity index (χ1) is 12.3. The number of hydrogen-bond donors (Lipinski definition) is 1. The highest BCUT2D eigenvalue weighted by Crippen LogP contribution is 2.27. The van der Waals surface area contributed by atoms with Crippen LogP contribution < -0.4 is 14.8 Å². The van der Waals surface area contributed by atoms with Crippen molar-refractivity contribution in [3.8, 4) is 17.6 Å². The summed E-state index contributed by atoms with van der Waals surface area (Å²) in [4.78, 5) is 12.3. The maximum atomic E-state index is 12.3. The van der Waals surface area contributed by atoms with Crippen LogP contribution in [0.3, 0.4) is 0 Å². The largest absolute Gasteiger partial charge is 0.482 e. The molecule has 1 N–H and O–H groups in total. The summed E-state index contributed by atoms with van der Waals surface area (Å²) < 4.78 is 47.1. The van der Waals surface area contributed by atoms with Gasteiger partial charge in [0, 0.05) is 0 Å². The second-order valence-corrected chi connectivity index (χ2v) is 5.26. The highest BCUT2D eigenvalue weighted by atomic mass is 19.4. The Morgan fingerprint density at radius 1 is 1.15 bits per heavy atom. The number of nitrogens with one attached hydrogen (secondary N) is 1. The van der Waals surface area contributed by atoms with Gasteiger partial charge in [0.2, 0.25) is 0 Å². The highest BCUT2D eigenvalue weighted by Gasteiger charge is 2.29. The predicted octanol–water partition coefficient (Wildman–Crippen LogP) is 3.91. The van der Waals surface area contributed by atoms with E-state index < -0.39 is 24.8 Å². The number of ether oxygens (including phenoxy) is 2. The van der Waals surface area contributed by atoms with Gasteiger partial charge in [-0.3, -0.25) is 4.79 Å². The lowest BCUT2D eigenvalue weighted by molar-refractivity contribution is -0.153. The number of carbonyl (C=O) groups is 1. The van der Waals surface area contributed by atoms with Crippen LogP contribution in [0, 0.1) is 11.3 Å². The van der Waals surface area contributed by atoms with E-state index in [1.807, 2.05) is 6.07 Å². The van der Waals surface area contributed by atoms with Crippen LogP contribution in [0.2, 0.25) is 0 Å². The van der Waals surface area contributed by atoms with Crippen LogP contribution in [-0.4, -0.2) is 24.8 Å². The van der Waals surface area contributed by atoms with Crippen LogP contribution >= 0.6 is 0 Å². The smallest absolute Gasteiger partial charge is 0.422 e. The molecule has 26 heavy (non-hydrogen) atoms. The Labute approximate surface area is 148 Å². The Bertz CT molecular complexity index is 816. The van der Waals surface area contributed by atoms with Gasteiger partial charge < -0.3 is 14.8 Å². The second kappa shape index (κ2) is 8.25. The number of amides is 1. The van der Waals surface area contributed by atoms with Crippen molar-refractivity contribution < 1.29 is 27.4 Å². The summed E-state index contributed by atoms with van der Waals surface area (Å²) >= 11 is 0. The van der Waals surface area contributed by atoms with Crippen molar-refractivity contribution in [1.29, 1.82) is 5.26 Å². The van der Waals surface area contributed by atoms with Gasteiger partial charge in [-0.05, 0) is 31.2 Å². The minimum atomic E-state index is -4.49. The summed E-state index contributed by atoms with van der Waals surface area (Å²) in [5, 5.41) is 11.5. The number of nitrogens with zero attached hydrogens (tertiary/aromatic N) is 1. The van der Waals surface area contributed by atoms with Gasteiger partial charge in [0.1, 0.15) is 17.6 Å². The Balaban J connectivity index is 2.06. The van der Waals surface area contributed by atoms with Gasteiger partial charge in [0.25, 0.3) is 5.91 Å². The van der Waals surface area contributed by atoms with Crippen LogP contribution in [-0.2, 0) is 4.79 Å². The third-order valence-electron chi connectivity index (χ3n) is 3.22. The molecule has 2 aromatic carbocycles. The molecular formula is C18H15F3N2O3. The Kier molecular flexibility index (Phi) is 6.07. The third-order valence-corrected chi connectivity index (χ3v) is 3.22. The zero-order chi connectivity index (χ0) is 19.2. The highest BCUT2D eigenvalue weighted by molar-refractivity contribution is 5.95. The Hall–Kier alpha value is -3.21. The molecule has 0 fully saturated rings. The van der Waals surface area contributed by atoms with Crippen molar-refractivity contribution in [1.82, 2.24) is 0 Å². The molecule has 1 atom stereocenters. The molecule has 0 aliphatic heterocycles. The molecule has 0 saturated carbocycles. The molecule has 0 aromatic heterocycles. The molecule has 0 heterocycles. The van der Waals surface area contributed by atoms with E-state index in [4.69, 9.17) is 14.7 Å². The van der Waals surface area contributed by atoms with E-state index in [0.717, 1.165) is 0 Å². The predicted molar refractivity (Wildman–Crippen MR) is 87.9 cm³/mol. The third kappa shape index (κ3) is 5.41. The molecule has 2 rings (SSSR count). The summed E-state index contributed by atoms with van der Waals surface area (Å²) in [6.45, 7) is -0.00977. The minimum absolute atomic E-state index is 0.0887. The van der Waals surface area contributed by atoms with Crippen LogP contribution in [0.4, 0.5) is 18.9 Å². The normalized spacial score (nSPS) is 12.0. The molecule has 2 aromatic rings. The summed E-state index contributed by atoms with van der Waals surface area (Å²) in [6.07, 6.45) is -5.48. The maximum Gasteiger partial charge on any atom is 0.422 e. The van der Waals surface area contributed by atoms with Gasteiger partial charge in [-0.15, -0.1) is 0 Å². The molecule has 0 aliphatic carbocycles. The van der Waals surface area contributed by atoms with Crippen molar-refractivity contribution in [3.05, 3.63) is 54.1 Å². The molecule has 1 amide bonds. The molecule has 0 radical (unpaired) electrons. The summed E-state index contributed by atoms with van der Waals surface area (Å²) in [5.41, 5.74) is 0.354. The fraction of sp³-hybridized carbons (Fsp3) is 0.222. The lowest BCUT2D eigenvalue weighted by Crippen LogP contribution is -2.30. The molecule has 5 nitrogen and oxygen atoms in total. The number of para-hydroxylation sites is 3. The molecule has 0 saturated heterocycles. The topological polar surface area (TPSA) is 71.3 Å². The zero-order valence-electron chi connectivity index (χ0n) is 13.7. The first kappa shape index (κ1) is 19.1. The van der Waals surface area contributed by atoms with E-state index in [9.17, 15) is 18.0 Å². The van der Waals surface area contributed by atoms with E-state index >= 15 is 0 Å². The zero-order valence-corrected chi connectivity index (χ0v) is 13.7. The standard InChI is InChI=1S/C18H15F3N2O3/c1-12(26-15-8-4-2-6-13(15)10-22)17(24)23-14-7-3-5-9-16(14)25-11-18(19,20)21/h2-9,12H,11H2,1H3,(H,23,24). The average Bonchev–Trinajstić information content (AvgIpc) is 2.60. The van der Waals surface area contributed by atoms with Crippen LogP contribution in [0.25, 0.3) is 0 Å². The summed E-state index contributed by atoms with van der Waals surface area (Å²) in [7, 11) is 0. The van der Waals surface area contributed by atoms with E-state index in [2.05, 4.69) is 5.32 Å². The molecule has 0 bridgehead atoms. The number of hydrogen-bond acceptors (Lipinski definition) is 4. The van der Waals surface area contributed by atoms with Crippen molar-refractivity contribution in [3.63, 3.8) is 0 Å². The van der Waals surface area contributed by atoms with E-state index in [1.165, 1.54) is 25.1 Å². The number of benzene rings is 2. The molecule has 0 aliphatic rings. The van der Waals surface area contributed by atoms with Crippen LogP contribution in [0.1, 0.15) is 12.5 Å². The minimum Gasteiger partial charge on any atom is -0.482 e. The van der Waals surface area contributed by atoms with E-state index in [0.29, 0.717) is 0 Å². The Morgan fingerprint density at radius 3 is 2.42 bits per heavy atom. The number of nitriles is 1. The van der Waals surface area contributed by atoms with Gasteiger partial charge in [-0.25, -0.2) is 0 Å². The molecule has 0 spiro atoms. The SMILES string of the molecule is CC(Oc1ccccc1C#N)C(=O)Nc1ccccc1OCC(F)(F)F. The second-order valence-electron chi connectivity index (χ2n) is 5.26. The first-order valence-corrected chi connectivity index (χ1v) is 7.55. The quantitative estimate of drug-likeness (QED) is 0.844. The van der Waals surface area contributed by atoms with E-state index in [-0.39, 0.29) is 22.7 Å². The monoisotopic (exact) mass is 364 g/mol. The molecular weight excluding hydrogens is 349 g/mol. The molecule has 136 valence electrons. The fourth-order valence-electron chi connectivity index (χ4n) is 2.00. The van der Waals surface area contributed by atoms with Crippen molar-refractivity contribution in [2.24, 2.45) is 0 Å². The van der Waals surface area contributed by atoms with Crippen LogP contribution in [0.15, 0.2) is 48.5 Å². The maximum absolute atomic E-state index is 12.3. The summed E-state index contributed by atoms with van der Waals surface area (Å²) in [6, 6.07) is 14.1. The number of rotatable bonds is 6. The van der Waals surface area contributed by atoms with Crippen LogP contribution in [0.5, 0.6) is 11.5 Å². The lowest BCUT2D eigenvalue weighted by Gasteiger charge is -2.17. The van der Waals surface area contributed by atoms with Crippen molar-refractivity contribution >= 4 is 11.6 Å². The Morgan fingerprint density at radius 2 is 1.77 bits per heavy atom. The van der Waals surface area contributed by atoms with E-state index in [1.54, 1.807) is 30.3 Å². The number of halogens is 3. The van der Waals surface area contributed by atoms with Gasteiger partial charge >= 0.3 is 6.18 Å². The fourth-order valence-corrected chi connectivity index (χ4v) is 2.00. The van der Waals surface area contributed by atoms with Crippen molar-refractivity contribution in [2.75, 3.05) is 11.9 Å². The first-order valence-electron chi connectivity index (χ1n) is 7.55. The number of alkyl halides is 3. The molecule has 1 unspecified atom stereocenters. The summed E-state index contributed by atoms with van der Waals surface area (Å²) in [5.74, 6) is -0.470. The van der Waals surface area contributed by atoms with Gasteiger partial charge in [-0.1, -0.05) is 24.3 Å².